The molecule has 25 heavy (non-hydrogen) atoms. The van der Waals surface area contributed by atoms with Crippen molar-refractivity contribution >= 4 is 17.0 Å². The minimum absolute atomic E-state index is 0.212. The highest BCUT2D eigenvalue weighted by Crippen LogP contribution is 2.22. The average molecular weight is 334 g/mol. The number of hydrogen-bond acceptors (Lipinski definition) is 5. The van der Waals surface area contributed by atoms with E-state index in [2.05, 4.69) is 15.3 Å². The Kier molecular flexibility index (Phi) is 3.73. The normalized spacial score (nSPS) is 14.7. The maximum atomic E-state index is 12.6. The van der Waals surface area contributed by atoms with Gasteiger partial charge in [-0.05, 0) is 31.0 Å². The van der Waals surface area contributed by atoms with Crippen molar-refractivity contribution in [2.75, 3.05) is 5.32 Å². The second-order valence-electron chi connectivity index (χ2n) is 6.38. The van der Waals surface area contributed by atoms with Crippen LogP contribution in [0.2, 0.25) is 0 Å². The summed E-state index contributed by atoms with van der Waals surface area (Å²) in [6.07, 6.45) is 8.03. The number of nitriles is 1. The molecule has 3 heterocycles. The van der Waals surface area contributed by atoms with Gasteiger partial charge in [-0.1, -0.05) is 12.8 Å². The van der Waals surface area contributed by atoms with E-state index in [4.69, 9.17) is 5.26 Å². The van der Waals surface area contributed by atoms with Gasteiger partial charge in [0.25, 0.3) is 0 Å². The van der Waals surface area contributed by atoms with Crippen LogP contribution in [0.15, 0.2) is 35.4 Å². The Balaban J connectivity index is 1.73. The van der Waals surface area contributed by atoms with Gasteiger partial charge in [0, 0.05) is 19.3 Å². The summed E-state index contributed by atoms with van der Waals surface area (Å²) < 4.78 is 3.01. The molecule has 4 rings (SSSR count). The van der Waals surface area contributed by atoms with Gasteiger partial charge in [0.2, 0.25) is 0 Å². The van der Waals surface area contributed by atoms with Crippen molar-refractivity contribution in [3.05, 3.63) is 46.6 Å². The molecule has 1 aliphatic rings. The first-order valence-corrected chi connectivity index (χ1v) is 8.38. The number of aryl methyl sites for hydroxylation is 1. The van der Waals surface area contributed by atoms with Crippen LogP contribution in [0.25, 0.3) is 16.9 Å². The van der Waals surface area contributed by atoms with Gasteiger partial charge in [0.15, 0.2) is 5.65 Å². The average Bonchev–Trinajstić information content (AvgIpc) is 3.23. The number of hydrogen-bond donors (Lipinski definition) is 1. The molecule has 0 bridgehead atoms. The monoisotopic (exact) mass is 334 g/mol. The van der Waals surface area contributed by atoms with Crippen LogP contribution in [0.5, 0.6) is 0 Å². The molecule has 1 fully saturated rings. The molecule has 3 aromatic heterocycles. The highest BCUT2D eigenvalue weighted by molar-refractivity contribution is 5.75. The molecular weight excluding hydrogens is 316 g/mol. The summed E-state index contributed by atoms with van der Waals surface area (Å²) in [6, 6.07) is 7.97. The number of anilines is 1. The Bertz CT molecular complexity index is 1020. The largest absolute Gasteiger partial charge is 0.367 e. The molecule has 7 nitrogen and oxygen atoms in total. The minimum atomic E-state index is -0.212. The first-order valence-electron chi connectivity index (χ1n) is 8.38. The molecule has 7 heteroatoms. The molecule has 1 saturated carbocycles. The number of nitrogens with one attached hydrogen (secondary N) is 1. The lowest BCUT2D eigenvalue weighted by molar-refractivity contribution is 0.750. The number of pyridine rings is 2. The van der Waals surface area contributed by atoms with E-state index in [1.165, 1.54) is 41.0 Å². The molecule has 3 aromatic rings. The van der Waals surface area contributed by atoms with E-state index < -0.39 is 0 Å². The molecule has 0 saturated heterocycles. The van der Waals surface area contributed by atoms with Crippen LogP contribution in [0, 0.1) is 11.3 Å². The van der Waals surface area contributed by atoms with Gasteiger partial charge in [-0.15, -0.1) is 0 Å². The molecule has 0 spiro atoms. The summed E-state index contributed by atoms with van der Waals surface area (Å²) in [5.41, 5.74) is 2.01. The van der Waals surface area contributed by atoms with Crippen LogP contribution in [-0.4, -0.2) is 25.1 Å². The molecule has 0 aromatic carbocycles. The third-order valence-corrected chi connectivity index (χ3v) is 4.74. The van der Waals surface area contributed by atoms with E-state index in [1.54, 1.807) is 19.3 Å². The van der Waals surface area contributed by atoms with Crippen LogP contribution >= 0.6 is 0 Å². The van der Waals surface area contributed by atoms with Crippen molar-refractivity contribution in [1.82, 2.24) is 19.1 Å². The third kappa shape index (κ3) is 2.66. The second kappa shape index (κ2) is 6.06. The van der Waals surface area contributed by atoms with E-state index >= 15 is 0 Å². The summed E-state index contributed by atoms with van der Waals surface area (Å²) in [7, 11) is 1.67. The summed E-state index contributed by atoms with van der Waals surface area (Å²) >= 11 is 0. The Morgan fingerprint density at radius 3 is 2.72 bits per heavy atom. The number of rotatable bonds is 3. The van der Waals surface area contributed by atoms with Gasteiger partial charge in [-0.3, -0.25) is 4.57 Å². The predicted octanol–water partition coefficient (Wildman–Crippen LogP) is 2.35. The van der Waals surface area contributed by atoms with Crippen molar-refractivity contribution in [3.63, 3.8) is 0 Å². The van der Waals surface area contributed by atoms with E-state index in [9.17, 15) is 4.79 Å². The molecule has 0 atom stereocenters. The highest BCUT2D eigenvalue weighted by atomic mass is 16.1. The van der Waals surface area contributed by atoms with Crippen molar-refractivity contribution in [2.24, 2.45) is 7.05 Å². The van der Waals surface area contributed by atoms with Gasteiger partial charge in [-0.2, -0.15) is 5.26 Å². The summed E-state index contributed by atoms with van der Waals surface area (Å²) in [5.74, 6) is 0.823. The van der Waals surface area contributed by atoms with Crippen molar-refractivity contribution < 1.29 is 0 Å². The summed E-state index contributed by atoms with van der Waals surface area (Å²) in [4.78, 5) is 21.4. The number of aromatic nitrogens is 4. The maximum Gasteiger partial charge on any atom is 0.334 e. The van der Waals surface area contributed by atoms with E-state index in [-0.39, 0.29) is 5.69 Å². The minimum Gasteiger partial charge on any atom is -0.367 e. The van der Waals surface area contributed by atoms with Crippen LogP contribution < -0.4 is 11.0 Å². The zero-order chi connectivity index (χ0) is 17.4. The molecule has 1 N–H and O–H groups in total. The van der Waals surface area contributed by atoms with Gasteiger partial charge in [0.1, 0.15) is 11.9 Å². The van der Waals surface area contributed by atoms with Crippen molar-refractivity contribution in [1.29, 1.82) is 5.26 Å². The fraction of sp³-hybridized carbons (Fsp3) is 0.333. The Morgan fingerprint density at radius 1 is 1.24 bits per heavy atom. The molecule has 0 radical (unpaired) electrons. The molecule has 0 amide bonds. The zero-order valence-corrected chi connectivity index (χ0v) is 13.9. The van der Waals surface area contributed by atoms with Gasteiger partial charge < -0.3 is 5.32 Å². The van der Waals surface area contributed by atoms with Crippen molar-refractivity contribution in [2.45, 2.75) is 31.7 Å². The van der Waals surface area contributed by atoms with Crippen molar-refractivity contribution in [3.8, 4) is 11.8 Å². The van der Waals surface area contributed by atoms with Gasteiger partial charge in [-0.25, -0.2) is 19.3 Å². The highest BCUT2D eigenvalue weighted by Gasteiger charge is 2.16. The molecular formula is C18H18N6O. The third-order valence-electron chi connectivity index (χ3n) is 4.74. The lowest BCUT2D eigenvalue weighted by Gasteiger charge is -2.12. The van der Waals surface area contributed by atoms with E-state index in [0.29, 0.717) is 28.5 Å². The topological polar surface area (TPSA) is 88.5 Å². The Hall–Kier alpha value is -3.14. The number of nitrogens with zero attached hydrogens (tertiary/aromatic N) is 5. The number of fused-ring (bicyclic) bond motifs is 1. The Labute approximate surface area is 144 Å². The molecule has 0 unspecified atom stereocenters. The quantitative estimate of drug-likeness (QED) is 0.794. The van der Waals surface area contributed by atoms with E-state index in [1.807, 2.05) is 18.2 Å². The lowest BCUT2D eigenvalue weighted by atomic mass is 10.2. The SMILES string of the molecule is Cn1c(=O)n(-c2ccc(NC3CCCC3)nc2)c2ncc(C#N)cc21. The second-order valence-corrected chi connectivity index (χ2v) is 6.38. The first-order chi connectivity index (χ1) is 12.2. The van der Waals surface area contributed by atoms with Crippen LogP contribution in [0.3, 0.4) is 0 Å². The maximum absolute atomic E-state index is 12.6. The van der Waals surface area contributed by atoms with Gasteiger partial charge >= 0.3 is 5.69 Å². The number of imidazole rings is 1. The Morgan fingerprint density at radius 2 is 2.04 bits per heavy atom. The fourth-order valence-corrected chi connectivity index (χ4v) is 3.39. The fourth-order valence-electron chi connectivity index (χ4n) is 3.39. The van der Waals surface area contributed by atoms with Gasteiger partial charge in [0.05, 0.1) is 23.0 Å². The standard InChI is InChI=1S/C18H18N6O/c1-23-15-8-12(9-19)10-21-17(15)24(18(23)25)14-6-7-16(20-11-14)22-13-4-2-3-5-13/h6-8,10-11,13H,2-5H2,1H3,(H,20,22). The summed E-state index contributed by atoms with van der Waals surface area (Å²) in [5, 5.41) is 12.5. The van der Waals surface area contributed by atoms with Crippen LogP contribution in [0.4, 0.5) is 5.82 Å². The summed E-state index contributed by atoms with van der Waals surface area (Å²) in [6.45, 7) is 0. The first kappa shape index (κ1) is 15.4. The van der Waals surface area contributed by atoms with E-state index in [0.717, 1.165) is 5.82 Å². The predicted molar refractivity (Wildman–Crippen MR) is 94.7 cm³/mol. The molecule has 0 aliphatic heterocycles. The molecule has 1 aliphatic carbocycles. The smallest absolute Gasteiger partial charge is 0.334 e. The van der Waals surface area contributed by atoms with Crippen LogP contribution in [0.1, 0.15) is 31.2 Å². The van der Waals surface area contributed by atoms with Crippen LogP contribution in [-0.2, 0) is 7.05 Å². The lowest BCUT2D eigenvalue weighted by Crippen LogP contribution is -2.21. The molecule has 126 valence electrons. The zero-order valence-electron chi connectivity index (χ0n) is 13.9.